The molecule has 0 aliphatic rings. The summed E-state index contributed by atoms with van der Waals surface area (Å²) in [7, 11) is 4.05. The van der Waals surface area contributed by atoms with Crippen molar-refractivity contribution in [3.63, 3.8) is 0 Å². The highest BCUT2D eigenvalue weighted by atomic mass is 16.1. The molecule has 2 aromatic carbocycles. The third kappa shape index (κ3) is 5.78. The van der Waals surface area contributed by atoms with Gasteiger partial charge in [0, 0.05) is 35.8 Å². The Balaban J connectivity index is 1.62. The van der Waals surface area contributed by atoms with Crippen molar-refractivity contribution >= 4 is 11.6 Å². The summed E-state index contributed by atoms with van der Waals surface area (Å²) in [6, 6.07) is 11.9. The smallest absolute Gasteiger partial charge is 0.255 e. The average molecular weight is 470 g/mol. The molecule has 1 amide bonds. The van der Waals surface area contributed by atoms with E-state index < -0.39 is 0 Å². The van der Waals surface area contributed by atoms with Gasteiger partial charge in [0.25, 0.3) is 5.91 Å². The second-order valence-corrected chi connectivity index (χ2v) is 10.0. The molecule has 0 saturated carbocycles. The second kappa shape index (κ2) is 9.76. The first-order chi connectivity index (χ1) is 16.6. The normalized spacial score (nSPS) is 11.6. The van der Waals surface area contributed by atoms with Crippen LogP contribution < -0.4 is 5.32 Å². The van der Waals surface area contributed by atoms with Gasteiger partial charge in [-0.3, -0.25) is 4.79 Å². The topological polar surface area (TPSA) is 88.8 Å². The van der Waals surface area contributed by atoms with E-state index in [4.69, 9.17) is 0 Å². The molecular weight excluding hydrogens is 438 g/mol. The summed E-state index contributed by atoms with van der Waals surface area (Å²) in [5, 5.41) is 11.6. The van der Waals surface area contributed by atoms with Crippen LogP contribution in [0, 0.1) is 6.92 Å². The molecule has 0 spiro atoms. The lowest BCUT2D eigenvalue weighted by Gasteiger charge is -2.22. The number of carbonyl (C=O) groups is 1. The number of carbonyl (C=O) groups excluding carboxylic acids is 1. The Kier molecular flexibility index (Phi) is 6.75. The molecule has 0 aliphatic heterocycles. The number of hydrogen-bond donors (Lipinski definition) is 1. The van der Waals surface area contributed by atoms with Crippen LogP contribution >= 0.6 is 0 Å². The molecule has 2 heterocycles. The van der Waals surface area contributed by atoms with Crippen molar-refractivity contribution in [3.05, 3.63) is 83.6 Å². The molecule has 4 aromatic rings. The number of hydrogen-bond acceptors (Lipinski definition) is 6. The Morgan fingerprint density at radius 1 is 1.06 bits per heavy atom. The van der Waals surface area contributed by atoms with Crippen LogP contribution in [0.4, 0.5) is 5.69 Å². The lowest BCUT2D eigenvalue weighted by Crippen LogP contribution is -2.18. The number of amides is 1. The van der Waals surface area contributed by atoms with E-state index >= 15 is 0 Å². The summed E-state index contributed by atoms with van der Waals surface area (Å²) in [5.41, 5.74) is 6.79. The van der Waals surface area contributed by atoms with Crippen molar-refractivity contribution in [3.8, 4) is 16.9 Å². The number of nitrogens with one attached hydrogen (secondary N) is 1. The third-order valence-corrected chi connectivity index (χ3v) is 5.68. The molecule has 0 unspecified atom stereocenters. The summed E-state index contributed by atoms with van der Waals surface area (Å²) in [6.07, 6.45) is 6.69. The van der Waals surface area contributed by atoms with Crippen LogP contribution in [0.25, 0.3) is 16.9 Å². The number of anilines is 1. The van der Waals surface area contributed by atoms with E-state index in [1.54, 1.807) is 17.1 Å². The van der Waals surface area contributed by atoms with Gasteiger partial charge in [0.1, 0.15) is 12.0 Å². The molecule has 4 rings (SSSR count). The SMILES string of the molecule is Cc1ccc(NC(=O)c2cc(CN(C)C)cc(C(C)(C)C)c2)cc1-n1cc(-c2cncnc2)nn1. The Labute approximate surface area is 206 Å². The van der Waals surface area contributed by atoms with Gasteiger partial charge in [-0.2, -0.15) is 0 Å². The number of aromatic nitrogens is 5. The fourth-order valence-corrected chi connectivity index (χ4v) is 3.79. The molecule has 0 saturated heterocycles. The zero-order valence-corrected chi connectivity index (χ0v) is 21.1. The summed E-state index contributed by atoms with van der Waals surface area (Å²) < 4.78 is 1.70. The maximum absolute atomic E-state index is 13.3. The van der Waals surface area contributed by atoms with Crippen LogP contribution in [0.15, 0.2) is 61.3 Å². The van der Waals surface area contributed by atoms with Crippen molar-refractivity contribution < 1.29 is 4.79 Å². The quantitative estimate of drug-likeness (QED) is 0.442. The average Bonchev–Trinajstić information content (AvgIpc) is 3.30. The van der Waals surface area contributed by atoms with Gasteiger partial charge < -0.3 is 10.2 Å². The molecule has 0 bridgehead atoms. The monoisotopic (exact) mass is 469 g/mol. The van der Waals surface area contributed by atoms with Gasteiger partial charge >= 0.3 is 0 Å². The molecule has 2 aromatic heterocycles. The minimum atomic E-state index is -0.147. The molecule has 1 N–H and O–H groups in total. The Morgan fingerprint density at radius 2 is 1.80 bits per heavy atom. The molecule has 0 fully saturated rings. The number of benzene rings is 2. The van der Waals surface area contributed by atoms with Crippen LogP contribution in [-0.2, 0) is 12.0 Å². The van der Waals surface area contributed by atoms with Gasteiger partial charge in [0.05, 0.1) is 11.9 Å². The fourth-order valence-electron chi connectivity index (χ4n) is 3.79. The highest BCUT2D eigenvalue weighted by Gasteiger charge is 2.18. The van der Waals surface area contributed by atoms with E-state index in [0.29, 0.717) is 16.9 Å². The van der Waals surface area contributed by atoms with Gasteiger partial charge in [0.15, 0.2) is 0 Å². The van der Waals surface area contributed by atoms with Crippen molar-refractivity contribution in [1.29, 1.82) is 0 Å². The molecule has 0 aliphatic carbocycles. The van der Waals surface area contributed by atoms with Crippen LogP contribution in [-0.4, -0.2) is 49.9 Å². The first-order valence-electron chi connectivity index (χ1n) is 11.5. The number of nitrogens with zero attached hydrogens (tertiary/aromatic N) is 6. The van der Waals surface area contributed by atoms with Crippen LogP contribution in [0.5, 0.6) is 0 Å². The van der Waals surface area contributed by atoms with Crippen molar-refractivity contribution in [1.82, 2.24) is 29.9 Å². The molecule has 8 heteroatoms. The number of aryl methyl sites for hydroxylation is 1. The van der Waals surface area contributed by atoms with Gasteiger partial charge in [-0.25, -0.2) is 14.6 Å². The molecule has 8 nitrogen and oxygen atoms in total. The van der Waals surface area contributed by atoms with Crippen LogP contribution in [0.3, 0.4) is 0 Å². The summed E-state index contributed by atoms with van der Waals surface area (Å²) in [6.45, 7) is 9.23. The molecule has 180 valence electrons. The molecular formula is C27H31N7O. The van der Waals surface area contributed by atoms with Crippen molar-refractivity contribution in [2.24, 2.45) is 0 Å². The van der Waals surface area contributed by atoms with Crippen LogP contribution in [0.1, 0.15) is 47.8 Å². The van der Waals surface area contributed by atoms with E-state index in [2.05, 4.69) is 57.3 Å². The largest absolute Gasteiger partial charge is 0.322 e. The number of rotatable bonds is 6. The Hall–Kier alpha value is -3.91. The Bertz CT molecular complexity index is 1340. The van der Waals surface area contributed by atoms with Crippen molar-refractivity contribution in [2.75, 3.05) is 19.4 Å². The second-order valence-electron chi connectivity index (χ2n) is 10.0. The van der Waals surface area contributed by atoms with Crippen molar-refractivity contribution in [2.45, 2.75) is 39.7 Å². The van der Waals surface area contributed by atoms with Crippen LogP contribution in [0.2, 0.25) is 0 Å². The minimum absolute atomic E-state index is 0.0665. The lowest BCUT2D eigenvalue weighted by atomic mass is 9.85. The maximum atomic E-state index is 13.3. The van der Waals surface area contributed by atoms with E-state index in [1.807, 2.05) is 57.5 Å². The summed E-state index contributed by atoms with van der Waals surface area (Å²) >= 11 is 0. The zero-order chi connectivity index (χ0) is 25.2. The first-order valence-corrected chi connectivity index (χ1v) is 11.5. The third-order valence-electron chi connectivity index (χ3n) is 5.68. The fraction of sp³-hybridized carbons (Fsp3) is 0.296. The minimum Gasteiger partial charge on any atom is -0.322 e. The van der Waals surface area contributed by atoms with E-state index in [1.165, 1.54) is 6.33 Å². The summed E-state index contributed by atoms with van der Waals surface area (Å²) in [4.78, 5) is 23.5. The predicted octanol–water partition coefficient (Wildman–Crippen LogP) is 4.64. The van der Waals surface area contributed by atoms with E-state index in [-0.39, 0.29) is 11.3 Å². The van der Waals surface area contributed by atoms with Gasteiger partial charge in [0.2, 0.25) is 0 Å². The summed E-state index contributed by atoms with van der Waals surface area (Å²) in [5.74, 6) is -0.147. The highest BCUT2D eigenvalue weighted by molar-refractivity contribution is 6.04. The molecule has 35 heavy (non-hydrogen) atoms. The zero-order valence-electron chi connectivity index (χ0n) is 21.1. The maximum Gasteiger partial charge on any atom is 0.255 e. The Morgan fingerprint density at radius 3 is 2.49 bits per heavy atom. The molecule has 0 atom stereocenters. The molecule has 0 radical (unpaired) electrons. The van der Waals surface area contributed by atoms with Gasteiger partial charge in [-0.05, 0) is 67.4 Å². The highest BCUT2D eigenvalue weighted by Crippen LogP contribution is 2.26. The lowest BCUT2D eigenvalue weighted by molar-refractivity contribution is 0.102. The standard InChI is InChI=1S/C27H31N7O/c1-18-7-8-23(12-25(18)34-16-24(31-32-34)21-13-28-17-29-14-21)30-26(35)20-9-19(15-33(5)6)10-22(11-20)27(2,3)4/h7-14,16-17H,15H2,1-6H3,(H,30,35). The van der Waals surface area contributed by atoms with Gasteiger partial charge in [-0.1, -0.05) is 38.1 Å². The van der Waals surface area contributed by atoms with Gasteiger partial charge in [-0.15, -0.1) is 5.10 Å². The van der Waals surface area contributed by atoms with E-state index in [9.17, 15) is 4.79 Å². The van der Waals surface area contributed by atoms with E-state index in [0.717, 1.165) is 34.5 Å². The predicted molar refractivity (Wildman–Crippen MR) is 138 cm³/mol. The first kappa shape index (κ1) is 24.2.